The lowest BCUT2D eigenvalue weighted by Gasteiger charge is -2.04. The van der Waals surface area contributed by atoms with Crippen LogP contribution in [0, 0.1) is 0 Å². The molecule has 0 aliphatic heterocycles. The molecule has 1 aliphatic rings. The average molecular weight is 197 g/mol. The minimum Gasteiger partial charge on any atom is -0.411 e. The number of hydrogen-bond acceptors (Lipinski definition) is 2. The summed E-state index contributed by atoms with van der Waals surface area (Å²) in [6.45, 7) is 0. The first-order valence-electron chi connectivity index (χ1n) is 5.12. The Morgan fingerprint density at radius 2 is 1.87 bits per heavy atom. The Bertz CT molecular complexity index is 557. The van der Waals surface area contributed by atoms with Crippen molar-refractivity contribution in [3.63, 3.8) is 0 Å². The van der Waals surface area contributed by atoms with Crippen LogP contribution in [0.4, 0.5) is 0 Å². The highest BCUT2D eigenvalue weighted by atomic mass is 16.4. The van der Waals surface area contributed by atoms with Gasteiger partial charge in [0, 0.05) is 5.56 Å². The third-order valence-electron chi connectivity index (χ3n) is 3.08. The zero-order valence-corrected chi connectivity index (χ0v) is 8.27. The molecule has 0 fully saturated rings. The maximum absolute atomic E-state index is 8.87. The second kappa shape index (κ2) is 3.09. The number of rotatable bonds is 0. The fourth-order valence-electron chi connectivity index (χ4n) is 2.36. The van der Waals surface area contributed by atoms with E-state index in [9.17, 15) is 0 Å². The summed E-state index contributed by atoms with van der Waals surface area (Å²) < 4.78 is 0. The van der Waals surface area contributed by atoms with E-state index in [0.29, 0.717) is 0 Å². The standard InChI is InChI=1S/C13H11NO/c15-14-13-8-7-11-10-4-2-1-3-9(10)5-6-12(11)13/h1-6,15H,7-8H2/b14-13-. The predicted octanol–water partition coefficient (Wildman–Crippen LogP) is 2.96. The van der Waals surface area contributed by atoms with Gasteiger partial charge in [-0.2, -0.15) is 0 Å². The third kappa shape index (κ3) is 1.14. The minimum absolute atomic E-state index is 0.816. The van der Waals surface area contributed by atoms with E-state index in [2.05, 4.69) is 35.5 Å². The van der Waals surface area contributed by atoms with Gasteiger partial charge in [0.2, 0.25) is 0 Å². The van der Waals surface area contributed by atoms with E-state index in [1.54, 1.807) is 0 Å². The van der Waals surface area contributed by atoms with Gasteiger partial charge in [0.05, 0.1) is 5.71 Å². The van der Waals surface area contributed by atoms with Crippen LogP contribution in [0.3, 0.4) is 0 Å². The van der Waals surface area contributed by atoms with Crippen molar-refractivity contribution in [3.8, 4) is 0 Å². The van der Waals surface area contributed by atoms with Crippen LogP contribution >= 0.6 is 0 Å². The van der Waals surface area contributed by atoms with Crippen LogP contribution in [-0.2, 0) is 6.42 Å². The molecule has 15 heavy (non-hydrogen) atoms. The SMILES string of the molecule is O/N=C1/CCc2c1ccc1ccccc21. The number of aryl methyl sites for hydroxylation is 1. The van der Waals surface area contributed by atoms with E-state index in [0.717, 1.165) is 24.1 Å². The molecule has 1 aliphatic carbocycles. The monoisotopic (exact) mass is 197 g/mol. The lowest BCUT2D eigenvalue weighted by molar-refractivity contribution is 0.318. The molecule has 0 heterocycles. The first-order chi connectivity index (χ1) is 7.40. The molecule has 0 atom stereocenters. The molecule has 1 N–H and O–H groups in total. The molecule has 0 aromatic heterocycles. The summed E-state index contributed by atoms with van der Waals surface area (Å²) in [5.41, 5.74) is 3.24. The zero-order chi connectivity index (χ0) is 10.3. The Balaban J connectivity index is 2.37. The van der Waals surface area contributed by atoms with Crippen LogP contribution in [0.25, 0.3) is 10.8 Å². The van der Waals surface area contributed by atoms with Crippen LogP contribution < -0.4 is 0 Å². The van der Waals surface area contributed by atoms with Gasteiger partial charge >= 0.3 is 0 Å². The van der Waals surface area contributed by atoms with E-state index in [4.69, 9.17) is 5.21 Å². The lowest BCUT2D eigenvalue weighted by Crippen LogP contribution is -1.93. The summed E-state index contributed by atoms with van der Waals surface area (Å²) >= 11 is 0. The Morgan fingerprint density at radius 3 is 2.73 bits per heavy atom. The number of oxime groups is 1. The highest BCUT2D eigenvalue weighted by Gasteiger charge is 2.19. The Hall–Kier alpha value is -1.83. The molecule has 0 bridgehead atoms. The van der Waals surface area contributed by atoms with Crippen molar-refractivity contribution in [3.05, 3.63) is 47.5 Å². The van der Waals surface area contributed by atoms with Gasteiger partial charge in [-0.3, -0.25) is 0 Å². The Labute approximate surface area is 87.8 Å². The summed E-state index contributed by atoms with van der Waals surface area (Å²) in [4.78, 5) is 0. The summed E-state index contributed by atoms with van der Waals surface area (Å²) in [6, 6.07) is 12.5. The Morgan fingerprint density at radius 1 is 1.00 bits per heavy atom. The van der Waals surface area contributed by atoms with E-state index >= 15 is 0 Å². The van der Waals surface area contributed by atoms with Gasteiger partial charge in [0.1, 0.15) is 0 Å². The van der Waals surface area contributed by atoms with Crippen molar-refractivity contribution >= 4 is 16.5 Å². The number of hydrogen-bond donors (Lipinski definition) is 1. The van der Waals surface area contributed by atoms with Crippen LogP contribution in [0.5, 0.6) is 0 Å². The van der Waals surface area contributed by atoms with Crippen molar-refractivity contribution in [1.29, 1.82) is 0 Å². The van der Waals surface area contributed by atoms with Crippen molar-refractivity contribution in [1.82, 2.24) is 0 Å². The quantitative estimate of drug-likeness (QED) is 0.511. The van der Waals surface area contributed by atoms with Crippen molar-refractivity contribution in [2.24, 2.45) is 5.16 Å². The van der Waals surface area contributed by atoms with Gasteiger partial charge in [0.25, 0.3) is 0 Å². The molecule has 2 nitrogen and oxygen atoms in total. The van der Waals surface area contributed by atoms with E-state index in [1.165, 1.54) is 16.3 Å². The summed E-state index contributed by atoms with van der Waals surface area (Å²) in [6.07, 6.45) is 1.83. The normalized spacial score (nSPS) is 17.2. The lowest BCUT2D eigenvalue weighted by atomic mass is 10.0. The third-order valence-corrected chi connectivity index (χ3v) is 3.08. The van der Waals surface area contributed by atoms with Crippen LogP contribution in [-0.4, -0.2) is 10.9 Å². The maximum Gasteiger partial charge on any atom is 0.0874 e. The molecule has 0 spiro atoms. The fraction of sp³-hybridized carbons (Fsp3) is 0.154. The van der Waals surface area contributed by atoms with Crippen LogP contribution in [0.1, 0.15) is 17.5 Å². The first-order valence-corrected chi connectivity index (χ1v) is 5.12. The minimum atomic E-state index is 0.816. The number of fused-ring (bicyclic) bond motifs is 3. The van der Waals surface area contributed by atoms with Gasteiger partial charge in [-0.1, -0.05) is 41.6 Å². The molecule has 2 aromatic rings. The zero-order valence-electron chi connectivity index (χ0n) is 8.27. The molecule has 2 aromatic carbocycles. The molecule has 0 amide bonds. The number of benzene rings is 2. The second-order valence-corrected chi connectivity index (χ2v) is 3.86. The van der Waals surface area contributed by atoms with Crippen molar-refractivity contribution < 1.29 is 5.21 Å². The van der Waals surface area contributed by atoms with Gasteiger partial charge in [-0.05, 0) is 29.2 Å². The van der Waals surface area contributed by atoms with Gasteiger partial charge in [-0.25, -0.2) is 0 Å². The summed E-state index contributed by atoms with van der Waals surface area (Å²) in [5, 5.41) is 14.8. The van der Waals surface area contributed by atoms with Crippen molar-refractivity contribution in [2.75, 3.05) is 0 Å². The van der Waals surface area contributed by atoms with Crippen LogP contribution in [0.15, 0.2) is 41.6 Å². The molecule has 74 valence electrons. The Kier molecular flexibility index (Phi) is 1.75. The van der Waals surface area contributed by atoms with E-state index in [-0.39, 0.29) is 0 Å². The fourth-order valence-corrected chi connectivity index (χ4v) is 2.36. The molecule has 0 saturated carbocycles. The highest BCUT2D eigenvalue weighted by molar-refractivity contribution is 6.08. The number of nitrogens with zero attached hydrogens (tertiary/aromatic N) is 1. The van der Waals surface area contributed by atoms with Crippen molar-refractivity contribution in [2.45, 2.75) is 12.8 Å². The second-order valence-electron chi connectivity index (χ2n) is 3.86. The maximum atomic E-state index is 8.87. The molecule has 0 saturated heterocycles. The van der Waals surface area contributed by atoms with Gasteiger partial charge in [-0.15, -0.1) is 0 Å². The molecular formula is C13H11NO. The molecule has 3 rings (SSSR count). The van der Waals surface area contributed by atoms with E-state index < -0.39 is 0 Å². The highest BCUT2D eigenvalue weighted by Crippen LogP contribution is 2.29. The topological polar surface area (TPSA) is 32.6 Å². The van der Waals surface area contributed by atoms with Gasteiger partial charge in [0.15, 0.2) is 0 Å². The summed E-state index contributed by atoms with van der Waals surface area (Å²) in [7, 11) is 0. The molecule has 2 heteroatoms. The van der Waals surface area contributed by atoms with E-state index in [1.807, 2.05) is 6.07 Å². The van der Waals surface area contributed by atoms with Gasteiger partial charge < -0.3 is 5.21 Å². The molecule has 0 unspecified atom stereocenters. The molecule has 0 radical (unpaired) electrons. The smallest absolute Gasteiger partial charge is 0.0874 e. The largest absolute Gasteiger partial charge is 0.411 e. The predicted molar refractivity (Wildman–Crippen MR) is 60.6 cm³/mol. The first kappa shape index (κ1) is 8.48. The average Bonchev–Trinajstić information content (AvgIpc) is 2.72. The summed E-state index contributed by atoms with van der Waals surface area (Å²) in [5.74, 6) is 0. The molecular weight excluding hydrogens is 186 g/mol. The van der Waals surface area contributed by atoms with Crippen LogP contribution in [0.2, 0.25) is 0 Å².